The van der Waals surface area contributed by atoms with Crippen LogP contribution in [0, 0.1) is 17.0 Å². The molecular weight excluding hydrogens is 344 g/mol. The highest BCUT2D eigenvalue weighted by Gasteiger charge is 2.18. The van der Waals surface area contributed by atoms with Crippen molar-refractivity contribution in [3.8, 4) is 11.3 Å². The predicted molar refractivity (Wildman–Crippen MR) is 102 cm³/mol. The summed E-state index contributed by atoms with van der Waals surface area (Å²) in [7, 11) is 0. The fourth-order valence-electron chi connectivity index (χ4n) is 3.40. The number of nitrogens with zero attached hydrogens (tertiary/aromatic N) is 3. The molecule has 1 amide bonds. The van der Waals surface area contributed by atoms with Gasteiger partial charge in [-0.05, 0) is 31.5 Å². The lowest BCUT2D eigenvalue weighted by Gasteiger charge is -2.09. The number of carbonyl (C=O) groups excluding carboxylic acids is 1. The molecule has 3 aromatic rings. The van der Waals surface area contributed by atoms with Crippen molar-refractivity contribution in [1.82, 2.24) is 9.55 Å². The third kappa shape index (κ3) is 3.19. The predicted octanol–water partition coefficient (Wildman–Crippen LogP) is 3.97. The Labute approximate surface area is 155 Å². The second-order valence-corrected chi connectivity index (χ2v) is 6.61. The van der Waals surface area contributed by atoms with Crippen LogP contribution in [0.5, 0.6) is 0 Å². The summed E-state index contributed by atoms with van der Waals surface area (Å²) < 4.78 is 2.20. The van der Waals surface area contributed by atoms with E-state index in [2.05, 4.69) is 14.9 Å². The summed E-state index contributed by atoms with van der Waals surface area (Å²) in [6.45, 7) is 2.60. The van der Waals surface area contributed by atoms with E-state index in [1.165, 1.54) is 6.07 Å². The van der Waals surface area contributed by atoms with Crippen molar-refractivity contribution in [2.45, 2.75) is 26.3 Å². The fourth-order valence-corrected chi connectivity index (χ4v) is 3.40. The van der Waals surface area contributed by atoms with Crippen molar-refractivity contribution in [1.29, 1.82) is 0 Å². The standard InChI is InChI=1S/C20H18N4O3/c1-13-7-8-15(11-17(13)24(26)27)20(25)22-16-5-2-4-14(10-16)18-12-21-19-6-3-9-23(18)19/h2,4-5,7-8,10-12H,3,6,9H2,1H3,(H,22,25). The first-order valence-corrected chi connectivity index (χ1v) is 8.74. The summed E-state index contributed by atoms with van der Waals surface area (Å²) in [6.07, 6.45) is 3.94. The Morgan fingerprint density at radius 2 is 2.11 bits per heavy atom. The molecule has 7 heteroatoms. The van der Waals surface area contributed by atoms with Gasteiger partial charge >= 0.3 is 0 Å². The lowest BCUT2D eigenvalue weighted by atomic mass is 10.1. The highest BCUT2D eigenvalue weighted by molar-refractivity contribution is 6.05. The highest BCUT2D eigenvalue weighted by atomic mass is 16.6. The van der Waals surface area contributed by atoms with Gasteiger partial charge in [-0.1, -0.05) is 18.2 Å². The summed E-state index contributed by atoms with van der Waals surface area (Å²) in [5, 5.41) is 13.9. The van der Waals surface area contributed by atoms with Crippen LogP contribution in [0.1, 0.15) is 28.2 Å². The van der Waals surface area contributed by atoms with Crippen molar-refractivity contribution in [2.75, 3.05) is 5.32 Å². The third-order valence-corrected chi connectivity index (χ3v) is 4.80. The van der Waals surface area contributed by atoms with Crippen molar-refractivity contribution in [2.24, 2.45) is 0 Å². The Morgan fingerprint density at radius 3 is 2.93 bits per heavy atom. The monoisotopic (exact) mass is 362 g/mol. The number of hydrogen-bond acceptors (Lipinski definition) is 4. The van der Waals surface area contributed by atoms with Crippen molar-refractivity contribution in [3.05, 3.63) is 75.7 Å². The minimum atomic E-state index is -0.479. The van der Waals surface area contributed by atoms with Crippen LogP contribution in [-0.4, -0.2) is 20.4 Å². The van der Waals surface area contributed by atoms with E-state index in [1.807, 2.05) is 24.4 Å². The number of benzene rings is 2. The van der Waals surface area contributed by atoms with Gasteiger partial charge in [0.25, 0.3) is 11.6 Å². The number of amides is 1. The SMILES string of the molecule is Cc1ccc(C(=O)Nc2cccc(-c3cnc4n3CCC4)c2)cc1[N+](=O)[O-]. The van der Waals surface area contributed by atoms with Crippen LogP contribution in [-0.2, 0) is 13.0 Å². The van der Waals surface area contributed by atoms with Crippen molar-refractivity contribution in [3.63, 3.8) is 0 Å². The van der Waals surface area contributed by atoms with E-state index in [-0.39, 0.29) is 17.2 Å². The molecule has 7 nitrogen and oxygen atoms in total. The van der Waals surface area contributed by atoms with Gasteiger partial charge in [0, 0.05) is 41.4 Å². The molecule has 0 atom stereocenters. The first-order valence-electron chi connectivity index (χ1n) is 8.74. The van der Waals surface area contributed by atoms with E-state index in [0.717, 1.165) is 36.5 Å². The molecule has 0 spiro atoms. The van der Waals surface area contributed by atoms with E-state index >= 15 is 0 Å². The molecule has 2 aromatic carbocycles. The topological polar surface area (TPSA) is 90.1 Å². The Morgan fingerprint density at radius 1 is 1.26 bits per heavy atom. The Bertz CT molecular complexity index is 1060. The van der Waals surface area contributed by atoms with E-state index in [1.54, 1.807) is 25.1 Å². The number of nitrogens with one attached hydrogen (secondary N) is 1. The van der Waals surface area contributed by atoms with Crippen LogP contribution in [0.15, 0.2) is 48.7 Å². The van der Waals surface area contributed by atoms with Crippen LogP contribution in [0.2, 0.25) is 0 Å². The normalized spacial score (nSPS) is 12.6. The van der Waals surface area contributed by atoms with Crippen LogP contribution in [0.25, 0.3) is 11.3 Å². The van der Waals surface area contributed by atoms with Gasteiger partial charge in [0.1, 0.15) is 5.82 Å². The zero-order valence-corrected chi connectivity index (χ0v) is 14.8. The van der Waals surface area contributed by atoms with Gasteiger partial charge in [0.2, 0.25) is 0 Å². The number of fused-ring (bicyclic) bond motifs is 1. The van der Waals surface area contributed by atoms with Crippen molar-refractivity contribution < 1.29 is 9.72 Å². The molecule has 1 aromatic heterocycles. The Balaban J connectivity index is 1.59. The van der Waals surface area contributed by atoms with Gasteiger partial charge < -0.3 is 9.88 Å². The van der Waals surface area contributed by atoms with Crippen molar-refractivity contribution >= 4 is 17.3 Å². The number of carbonyl (C=O) groups is 1. The minimum absolute atomic E-state index is 0.0637. The van der Waals surface area contributed by atoms with Gasteiger partial charge in [0.15, 0.2) is 0 Å². The fraction of sp³-hybridized carbons (Fsp3) is 0.200. The summed E-state index contributed by atoms with van der Waals surface area (Å²) >= 11 is 0. The molecule has 0 unspecified atom stereocenters. The van der Waals surface area contributed by atoms with Gasteiger partial charge in [-0.3, -0.25) is 14.9 Å². The third-order valence-electron chi connectivity index (χ3n) is 4.80. The summed E-state index contributed by atoms with van der Waals surface area (Å²) in [4.78, 5) is 27.6. The summed E-state index contributed by atoms with van der Waals surface area (Å²) in [6, 6.07) is 12.0. The molecule has 1 aliphatic heterocycles. The lowest BCUT2D eigenvalue weighted by Crippen LogP contribution is -2.12. The van der Waals surface area contributed by atoms with Crippen LogP contribution < -0.4 is 5.32 Å². The van der Waals surface area contributed by atoms with Gasteiger partial charge in [-0.25, -0.2) is 4.98 Å². The molecule has 27 heavy (non-hydrogen) atoms. The molecule has 0 saturated heterocycles. The first-order chi connectivity index (χ1) is 13.0. The van der Waals surface area contributed by atoms with E-state index in [4.69, 9.17) is 0 Å². The molecule has 0 radical (unpaired) electrons. The van der Waals surface area contributed by atoms with E-state index in [0.29, 0.717) is 11.3 Å². The van der Waals surface area contributed by atoms with E-state index in [9.17, 15) is 14.9 Å². The Hall–Kier alpha value is -3.48. The number of nitro groups is 1. The molecule has 2 heterocycles. The molecule has 0 fully saturated rings. The molecule has 0 saturated carbocycles. The van der Waals surface area contributed by atoms with Crippen LogP contribution in [0.4, 0.5) is 11.4 Å². The summed E-state index contributed by atoms with van der Waals surface area (Å²) in [5.41, 5.74) is 3.35. The number of aryl methyl sites for hydroxylation is 2. The molecule has 136 valence electrons. The molecule has 4 rings (SSSR count). The second kappa shape index (κ2) is 6.68. The lowest BCUT2D eigenvalue weighted by molar-refractivity contribution is -0.385. The zero-order valence-electron chi connectivity index (χ0n) is 14.8. The maximum atomic E-state index is 12.5. The smallest absolute Gasteiger partial charge is 0.273 e. The van der Waals surface area contributed by atoms with Crippen LogP contribution in [0.3, 0.4) is 0 Å². The molecule has 1 N–H and O–H groups in total. The first kappa shape index (κ1) is 17.0. The molecule has 0 aliphatic carbocycles. The van der Waals surface area contributed by atoms with Gasteiger partial charge in [0.05, 0.1) is 16.8 Å². The number of anilines is 1. The molecule has 1 aliphatic rings. The average molecular weight is 362 g/mol. The van der Waals surface area contributed by atoms with E-state index < -0.39 is 4.92 Å². The number of imidazole rings is 1. The number of aromatic nitrogens is 2. The zero-order chi connectivity index (χ0) is 19.0. The quantitative estimate of drug-likeness (QED) is 0.562. The average Bonchev–Trinajstić information content (AvgIpc) is 3.25. The summed E-state index contributed by atoms with van der Waals surface area (Å²) in [5.74, 6) is 0.708. The number of hydrogen-bond donors (Lipinski definition) is 1. The molecule has 0 bridgehead atoms. The molecular formula is C20H18N4O3. The maximum Gasteiger partial charge on any atom is 0.273 e. The van der Waals surface area contributed by atoms with Gasteiger partial charge in [-0.2, -0.15) is 0 Å². The maximum absolute atomic E-state index is 12.5. The number of rotatable bonds is 4. The van der Waals surface area contributed by atoms with Gasteiger partial charge in [-0.15, -0.1) is 0 Å². The van der Waals surface area contributed by atoms with Crippen LogP contribution >= 0.6 is 0 Å². The number of nitro benzene ring substituents is 1. The Kier molecular flexibility index (Phi) is 4.19. The minimum Gasteiger partial charge on any atom is -0.328 e. The second-order valence-electron chi connectivity index (χ2n) is 6.61. The largest absolute Gasteiger partial charge is 0.328 e. The highest BCUT2D eigenvalue weighted by Crippen LogP contribution is 2.28.